The fraction of sp³-hybridized carbons (Fsp3) is 0.511. The first-order chi connectivity index (χ1) is 26.7. The van der Waals surface area contributed by atoms with Crippen LogP contribution >= 0.6 is 7.82 Å². The maximum atomic E-state index is 12.4. The summed E-state index contributed by atoms with van der Waals surface area (Å²) in [6.07, 6.45) is 52.3. The predicted molar refractivity (Wildman–Crippen MR) is 226 cm³/mol. The van der Waals surface area contributed by atoms with Crippen LogP contribution < -0.4 is 0 Å². The van der Waals surface area contributed by atoms with E-state index in [9.17, 15) is 19.3 Å². The van der Waals surface area contributed by atoms with Crippen LogP contribution in [0.4, 0.5) is 0 Å². The maximum absolute atomic E-state index is 12.4. The van der Waals surface area contributed by atoms with Crippen LogP contribution in [0, 0.1) is 0 Å². The lowest BCUT2D eigenvalue weighted by Gasteiger charge is -2.18. The summed E-state index contributed by atoms with van der Waals surface area (Å²) < 4.78 is 26.2. The monoisotopic (exact) mass is 784 g/mol. The van der Waals surface area contributed by atoms with E-state index < -0.39 is 38.6 Å². The van der Waals surface area contributed by atoms with Gasteiger partial charge in [-0.15, -0.1) is 0 Å². The predicted octanol–water partition coefficient (Wildman–Crippen LogP) is 11.1. The van der Waals surface area contributed by atoms with Gasteiger partial charge in [0.25, 0.3) is 0 Å². The van der Waals surface area contributed by atoms with Crippen molar-refractivity contribution < 1.29 is 43.0 Å². The van der Waals surface area contributed by atoms with Gasteiger partial charge in [-0.2, -0.15) is 0 Å². The third-order valence-electron chi connectivity index (χ3n) is 7.57. The molecule has 0 amide bonds. The second-order valence-electron chi connectivity index (χ2n) is 12.7. The van der Waals surface area contributed by atoms with Crippen LogP contribution in [0.5, 0.6) is 0 Å². The van der Waals surface area contributed by atoms with Crippen LogP contribution in [0.25, 0.3) is 0 Å². The van der Waals surface area contributed by atoms with Gasteiger partial charge in [-0.05, 0) is 83.5 Å². The molecule has 0 aromatic heterocycles. The van der Waals surface area contributed by atoms with E-state index in [-0.39, 0.29) is 19.4 Å². The van der Waals surface area contributed by atoms with Gasteiger partial charge in [0.2, 0.25) is 0 Å². The number of aliphatic hydroxyl groups is 1. The van der Waals surface area contributed by atoms with Crippen molar-refractivity contribution in [2.45, 2.75) is 135 Å². The Hall–Kier alpha value is -3.59. The number of esters is 2. The quantitative estimate of drug-likeness (QED) is 0.0191. The van der Waals surface area contributed by atoms with Crippen LogP contribution in [0.15, 0.2) is 122 Å². The molecular weight excluding hydrogens is 715 g/mol. The van der Waals surface area contributed by atoms with Crippen molar-refractivity contribution in [3.63, 3.8) is 0 Å². The van der Waals surface area contributed by atoms with Crippen molar-refractivity contribution in [2.24, 2.45) is 0 Å². The van der Waals surface area contributed by atoms with Crippen LogP contribution in [-0.2, 0) is 28.2 Å². The standard InChI is InChI=1S/C45H69O9P/c1-3-5-7-9-11-13-15-17-18-19-20-22-24-26-28-30-34-39-45(48)54-43(41-53-55(49,50)51)40-52-44(47)38-35-31-33-37-42(46)36-32-29-27-25-23-21-16-14-12-10-8-6-4-2/h5-8,11-14,17-18,20-23,27,29,31-33,36,42-43,46H,3-4,9-10,15-16,19,24-26,28,30,34-35,37-41H2,1-2H3,(H2,49,50,51)/b7-5-,8-6-,13-11-,14-12-,18-17-,22-20-,23-21-,29-27-,33-31-,36-32-/t42?,43-/m1/s1. The van der Waals surface area contributed by atoms with Gasteiger partial charge in [0, 0.05) is 12.8 Å². The summed E-state index contributed by atoms with van der Waals surface area (Å²) in [5.74, 6) is -1.11. The van der Waals surface area contributed by atoms with Crippen molar-refractivity contribution in [2.75, 3.05) is 13.2 Å². The second-order valence-corrected chi connectivity index (χ2v) is 13.9. The van der Waals surface area contributed by atoms with Gasteiger partial charge in [-0.3, -0.25) is 14.1 Å². The lowest BCUT2D eigenvalue weighted by atomic mass is 10.1. The molecule has 0 rings (SSSR count). The fourth-order valence-corrected chi connectivity index (χ4v) is 5.01. The van der Waals surface area contributed by atoms with E-state index in [1.807, 2.05) is 12.2 Å². The third kappa shape index (κ3) is 41.4. The van der Waals surface area contributed by atoms with Crippen molar-refractivity contribution in [3.05, 3.63) is 122 Å². The third-order valence-corrected chi connectivity index (χ3v) is 8.05. The number of unbranched alkanes of at least 4 members (excludes halogenated alkanes) is 4. The summed E-state index contributed by atoms with van der Waals surface area (Å²) >= 11 is 0. The zero-order valence-corrected chi connectivity index (χ0v) is 34.3. The fourth-order valence-electron chi connectivity index (χ4n) is 4.65. The van der Waals surface area contributed by atoms with Crippen LogP contribution in [0.1, 0.15) is 123 Å². The van der Waals surface area contributed by atoms with E-state index >= 15 is 0 Å². The van der Waals surface area contributed by atoms with Crippen molar-refractivity contribution in [1.29, 1.82) is 0 Å². The lowest BCUT2D eigenvalue weighted by molar-refractivity contribution is -0.161. The normalized spacial score (nSPS) is 14.3. The molecule has 0 heterocycles. The Morgan fingerprint density at radius 3 is 1.64 bits per heavy atom. The molecule has 308 valence electrons. The van der Waals surface area contributed by atoms with Gasteiger partial charge in [0.15, 0.2) is 6.10 Å². The van der Waals surface area contributed by atoms with Crippen LogP contribution in [0.3, 0.4) is 0 Å². The topological polar surface area (TPSA) is 140 Å². The molecule has 0 aliphatic rings. The smallest absolute Gasteiger partial charge is 0.462 e. The van der Waals surface area contributed by atoms with E-state index in [1.165, 1.54) is 0 Å². The minimum absolute atomic E-state index is 0.0469. The second kappa shape index (κ2) is 38.7. The van der Waals surface area contributed by atoms with Crippen LogP contribution in [-0.4, -0.2) is 52.3 Å². The van der Waals surface area contributed by atoms with Gasteiger partial charge >= 0.3 is 19.8 Å². The average molecular weight is 785 g/mol. The van der Waals surface area contributed by atoms with E-state index in [4.69, 9.17) is 19.3 Å². The first-order valence-electron chi connectivity index (χ1n) is 19.9. The molecule has 0 aromatic carbocycles. The van der Waals surface area contributed by atoms with Gasteiger partial charge in [0.05, 0.1) is 12.7 Å². The zero-order valence-electron chi connectivity index (χ0n) is 33.4. The Balaban J connectivity index is 4.25. The average Bonchev–Trinajstić information content (AvgIpc) is 3.15. The highest BCUT2D eigenvalue weighted by Crippen LogP contribution is 2.35. The van der Waals surface area contributed by atoms with Gasteiger partial charge < -0.3 is 24.4 Å². The molecule has 2 atom stereocenters. The number of ether oxygens (including phenoxy) is 2. The molecule has 0 bridgehead atoms. The summed E-state index contributed by atoms with van der Waals surface area (Å²) in [6.45, 7) is 3.26. The van der Waals surface area contributed by atoms with E-state index in [0.29, 0.717) is 19.3 Å². The van der Waals surface area contributed by atoms with Gasteiger partial charge in [0.1, 0.15) is 6.61 Å². The number of carbonyl (C=O) groups is 2. The minimum Gasteiger partial charge on any atom is -0.462 e. The summed E-state index contributed by atoms with van der Waals surface area (Å²) in [7, 11) is -4.81. The molecule has 10 heteroatoms. The van der Waals surface area contributed by atoms with E-state index in [0.717, 1.165) is 77.0 Å². The molecule has 0 saturated heterocycles. The minimum atomic E-state index is -4.81. The molecule has 55 heavy (non-hydrogen) atoms. The zero-order chi connectivity index (χ0) is 40.5. The Labute approximate surface area is 331 Å². The highest BCUT2D eigenvalue weighted by Gasteiger charge is 2.22. The number of carbonyl (C=O) groups excluding carboxylic acids is 2. The number of hydrogen-bond donors (Lipinski definition) is 3. The first-order valence-corrected chi connectivity index (χ1v) is 21.5. The summed E-state index contributed by atoms with van der Waals surface area (Å²) in [6, 6.07) is 0. The van der Waals surface area contributed by atoms with Crippen molar-refractivity contribution in [3.8, 4) is 0 Å². The first kappa shape index (κ1) is 51.4. The number of phosphoric ester groups is 1. The van der Waals surface area contributed by atoms with Crippen molar-refractivity contribution >= 4 is 19.8 Å². The molecule has 0 fully saturated rings. The summed E-state index contributed by atoms with van der Waals surface area (Å²) in [5, 5.41) is 10.1. The number of allylic oxidation sites excluding steroid dienone is 18. The molecular formula is C45H69O9P. The molecule has 9 nitrogen and oxygen atoms in total. The summed E-state index contributed by atoms with van der Waals surface area (Å²) in [4.78, 5) is 42.8. The Kier molecular flexibility index (Phi) is 36.2. The Morgan fingerprint density at radius 1 is 0.564 bits per heavy atom. The maximum Gasteiger partial charge on any atom is 0.469 e. The highest BCUT2D eigenvalue weighted by molar-refractivity contribution is 7.46. The van der Waals surface area contributed by atoms with E-state index in [1.54, 1.807) is 24.3 Å². The Bertz CT molecular complexity index is 1310. The Morgan fingerprint density at radius 2 is 1.07 bits per heavy atom. The van der Waals surface area contributed by atoms with Gasteiger partial charge in [-0.25, -0.2) is 4.57 Å². The van der Waals surface area contributed by atoms with Gasteiger partial charge in [-0.1, -0.05) is 148 Å². The summed E-state index contributed by atoms with van der Waals surface area (Å²) in [5.41, 5.74) is 0. The highest BCUT2D eigenvalue weighted by atomic mass is 31.2. The molecule has 0 aromatic rings. The number of phosphoric acid groups is 1. The van der Waals surface area contributed by atoms with Crippen LogP contribution in [0.2, 0.25) is 0 Å². The van der Waals surface area contributed by atoms with E-state index in [2.05, 4.69) is 103 Å². The molecule has 3 N–H and O–H groups in total. The molecule has 0 aliphatic heterocycles. The molecule has 0 radical (unpaired) electrons. The number of aliphatic hydroxyl groups excluding tert-OH is 1. The SMILES string of the molecule is CC/C=C\C/C=C\C/C=C\C/C=C\C=C/C(O)C/C=C\CCC(=O)OC[C@H](COP(=O)(O)O)OC(=O)CCCCCC/C=C\C/C=C\C/C=C\C/C=C\CC. The molecule has 0 spiro atoms. The number of rotatable bonds is 34. The lowest BCUT2D eigenvalue weighted by Crippen LogP contribution is -2.29. The molecule has 1 unspecified atom stereocenters. The molecule has 0 aliphatic carbocycles. The number of hydrogen-bond acceptors (Lipinski definition) is 7. The van der Waals surface area contributed by atoms with Crippen molar-refractivity contribution in [1.82, 2.24) is 0 Å². The molecule has 0 saturated carbocycles. The largest absolute Gasteiger partial charge is 0.469 e.